The highest BCUT2D eigenvalue weighted by Gasteiger charge is 2.20. The average Bonchev–Trinajstić information content (AvgIpc) is 2.31. The van der Waals surface area contributed by atoms with Crippen LogP contribution in [0.4, 0.5) is 4.39 Å². The van der Waals surface area contributed by atoms with Crippen LogP contribution in [0.1, 0.15) is 5.56 Å². The maximum atomic E-state index is 13.2. The summed E-state index contributed by atoms with van der Waals surface area (Å²) in [5, 5.41) is 0. The Labute approximate surface area is 119 Å². The van der Waals surface area contributed by atoms with Gasteiger partial charge in [-0.15, -0.1) is 0 Å². The van der Waals surface area contributed by atoms with Crippen molar-refractivity contribution in [2.24, 2.45) is 0 Å². The number of rotatable bonds is 3. The van der Waals surface area contributed by atoms with Crippen molar-refractivity contribution in [3.63, 3.8) is 0 Å². The Hall–Kier alpha value is -1.40. The van der Waals surface area contributed by atoms with E-state index in [0.29, 0.717) is 10.0 Å². The third-order valence-corrected chi connectivity index (χ3v) is 4.31. The minimum Gasteiger partial charge on any atom is -0.379 e. The highest BCUT2D eigenvalue weighted by atomic mass is 79.9. The fourth-order valence-corrected chi connectivity index (χ4v) is 3.08. The predicted molar refractivity (Wildman–Crippen MR) is 73.1 cm³/mol. The highest BCUT2D eigenvalue weighted by Crippen LogP contribution is 2.24. The number of halogens is 2. The topological polar surface area (TPSA) is 43.4 Å². The first kappa shape index (κ1) is 14.0. The Morgan fingerprint density at radius 3 is 2.58 bits per heavy atom. The van der Waals surface area contributed by atoms with Gasteiger partial charge in [0.15, 0.2) is 0 Å². The Morgan fingerprint density at radius 1 is 1.16 bits per heavy atom. The zero-order valence-corrected chi connectivity index (χ0v) is 12.3. The molecule has 100 valence electrons. The molecule has 0 spiro atoms. The molecule has 0 saturated carbocycles. The van der Waals surface area contributed by atoms with Gasteiger partial charge < -0.3 is 4.18 Å². The fourth-order valence-electron chi connectivity index (χ4n) is 1.53. The van der Waals surface area contributed by atoms with E-state index in [4.69, 9.17) is 4.18 Å². The van der Waals surface area contributed by atoms with Gasteiger partial charge in [-0.05, 0) is 42.8 Å². The first-order valence-electron chi connectivity index (χ1n) is 5.35. The van der Waals surface area contributed by atoms with Crippen LogP contribution in [0.2, 0.25) is 0 Å². The van der Waals surface area contributed by atoms with Crippen molar-refractivity contribution in [2.45, 2.75) is 11.8 Å². The molecule has 2 rings (SSSR count). The van der Waals surface area contributed by atoms with Crippen LogP contribution in [-0.4, -0.2) is 8.42 Å². The van der Waals surface area contributed by atoms with Crippen LogP contribution < -0.4 is 4.18 Å². The molecule has 0 fully saturated rings. The standard InChI is InChI=1S/C13H10BrFO3S/c1-9-5-6-11(15)8-13(9)19(16,17)18-12-4-2-3-10(14)7-12/h2-8H,1H3. The molecular weight excluding hydrogens is 335 g/mol. The molecule has 3 nitrogen and oxygen atoms in total. The van der Waals surface area contributed by atoms with Crippen LogP contribution in [0, 0.1) is 12.7 Å². The molecule has 0 aliphatic heterocycles. The van der Waals surface area contributed by atoms with E-state index in [1.54, 1.807) is 19.1 Å². The second-order valence-corrected chi connectivity index (χ2v) is 6.34. The van der Waals surface area contributed by atoms with E-state index < -0.39 is 15.9 Å². The van der Waals surface area contributed by atoms with Gasteiger partial charge in [0.1, 0.15) is 16.5 Å². The molecule has 6 heteroatoms. The second-order valence-electron chi connectivity index (χ2n) is 3.90. The fraction of sp³-hybridized carbons (Fsp3) is 0.0769. The number of aryl methyl sites for hydroxylation is 1. The molecule has 0 N–H and O–H groups in total. The average molecular weight is 345 g/mol. The van der Waals surface area contributed by atoms with E-state index in [-0.39, 0.29) is 10.6 Å². The highest BCUT2D eigenvalue weighted by molar-refractivity contribution is 9.10. The lowest BCUT2D eigenvalue weighted by atomic mass is 10.2. The Bertz CT molecular complexity index is 714. The minimum atomic E-state index is -4.04. The van der Waals surface area contributed by atoms with E-state index >= 15 is 0 Å². The molecule has 0 bridgehead atoms. The van der Waals surface area contributed by atoms with Gasteiger partial charge in [-0.25, -0.2) is 4.39 Å². The maximum absolute atomic E-state index is 13.2. The SMILES string of the molecule is Cc1ccc(F)cc1S(=O)(=O)Oc1cccc(Br)c1. The molecule has 19 heavy (non-hydrogen) atoms. The normalized spacial score (nSPS) is 11.3. The van der Waals surface area contributed by atoms with Crippen molar-refractivity contribution in [2.75, 3.05) is 0 Å². The third-order valence-electron chi connectivity index (χ3n) is 2.42. The van der Waals surface area contributed by atoms with Crippen LogP contribution in [0.5, 0.6) is 5.75 Å². The number of benzene rings is 2. The zero-order valence-electron chi connectivity index (χ0n) is 9.93. The first-order valence-corrected chi connectivity index (χ1v) is 7.55. The van der Waals surface area contributed by atoms with Gasteiger partial charge >= 0.3 is 10.1 Å². The summed E-state index contributed by atoms with van der Waals surface area (Å²) in [6.07, 6.45) is 0. The van der Waals surface area contributed by atoms with E-state index in [0.717, 1.165) is 6.07 Å². The molecule has 0 aliphatic carbocycles. The third kappa shape index (κ3) is 3.33. The molecule has 0 unspecified atom stereocenters. The quantitative estimate of drug-likeness (QED) is 0.798. The molecule has 0 aliphatic rings. The van der Waals surface area contributed by atoms with Crippen molar-refractivity contribution in [1.82, 2.24) is 0 Å². The van der Waals surface area contributed by atoms with Crippen molar-refractivity contribution in [3.8, 4) is 5.75 Å². The van der Waals surface area contributed by atoms with E-state index in [1.165, 1.54) is 24.3 Å². The van der Waals surface area contributed by atoms with Crippen LogP contribution in [-0.2, 0) is 10.1 Å². The molecule has 0 atom stereocenters. The monoisotopic (exact) mass is 344 g/mol. The lowest BCUT2D eigenvalue weighted by molar-refractivity contribution is 0.484. The van der Waals surface area contributed by atoms with Gasteiger partial charge in [0.25, 0.3) is 0 Å². The Kier molecular flexibility index (Phi) is 3.91. The van der Waals surface area contributed by atoms with Gasteiger partial charge in [0.05, 0.1) is 0 Å². The Morgan fingerprint density at radius 2 is 1.89 bits per heavy atom. The summed E-state index contributed by atoms with van der Waals surface area (Å²) >= 11 is 3.22. The molecule has 2 aromatic rings. The smallest absolute Gasteiger partial charge is 0.339 e. The molecule has 2 aromatic carbocycles. The van der Waals surface area contributed by atoms with Crippen LogP contribution in [0.3, 0.4) is 0 Å². The minimum absolute atomic E-state index is 0.165. The summed E-state index contributed by atoms with van der Waals surface area (Å²) in [4.78, 5) is -0.174. The van der Waals surface area contributed by atoms with Gasteiger partial charge in [-0.2, -0.15) is 8.42 Å². The summed E-state index contributed by atoms with van der Waals surface area (Å²) in [5.41, 5.74) is 0.427. The molecule has 0 heterocycles. The van der Waals surface area contributed by atoms with Crippen molar-refractivity contribution in [1.29, 1.82) is 0 Å². The number of hydrogen-bond donors (Lipinski definition) is 0. The van der Waals surface area contributed by atoms with Crippen molar-refractivity contribution < 1.29 is 17.0 Å². The van der Waals surface area contributed by atoms with Crippen LogP contribution >= 0.6 is 15.9 Å². The predicted octanol–water partition coefficient (Wildman–Crippen LogP) is 3.66. The van der Waals surface area contributed by atoms with Gasteiger partial charge in [0.2, 0.25) is 0 Å². The molecule has 0 radical (unpaired) electrons. The van der Waals surface area contributed by atoms with E-state index in [1.807, 2.05) is 0 Å². The maximum Gasteiger partial charge on any atom is 0.339 e. The molecular formula is C13H10BrFO3S. The summed E-state index contributed by atoms with van der Waals surface area (Å²) in [5.74, 6) is -0.458. The van der Waals surface area contributed by atoms with Crippen molar-refractivity contribution >= 4 is 26.0 Å². The van der Waals surface area contributed by atoms with Crippen LogP contribution in [0.25, 0.3) is 0 Å². The summed E-state index contributed by atoms with van der Waals surface area (Å²) in [6, 6.07) is 9.96. The molecule has 0 saturated heterocycles. The largest absolute Gasteiger partial charge is 0.379 e. The lowest BCUT2D eigenvalue weighted by Crippen LogP contribution is -2.11. The van der Waals surface area contributed by atoms with Crippen molar-refractivity contribution in [3.05, 3.63) is 58.3 Å². The van der Waals surface area contributed by atoms with Gasteiger partial charge in [-0.1, -0.05) is 28.1 Å². The molecule has 0 aromatic heterocycles. The number of hydrogen-bond acceptors (Lipinski definition) is 3. The zero-order chi connectivity index (χ0) is 14.0. The van der Waals surface area contributed by atoms with Crippen LogP contribution in [0.15, 0.2) is 51.8 Å². The van der Waals surface area contributed by atoms with Gasteiger partial charge in [-0.3, -0.25) is 0 Å². The van der Waals surface area contributed by atoms with E-state index in [2.05, 4.69) is 15.9 Å². The summed E-state index contributed by atoms with van der Waals surface area (Å²) in [7, 11) is -4.04. The first-order chi connectivity index (χ1) is 8.88. The van der Waals surface area contributed by atoms with Gasteiger partial charge in [0, 0.05) is 4.47 Å². The summed E-state index contributed by atoms with van der Waals surface area (Å²) in [6.45, 7) is 1.58. The Balaban J connectivity index is 2.40. The second kappa shape index (κ2) is 5.30. The molecule has 0 amide bonds. The summed E-state index contributed by atoms with van der Waals surface area (Å²) < 4.78 is 43.0. The van der Waals surface area contributed by atoms with E-state index in [9.17, 15) is 12.8 Å². The lowest BCUT2D eigenvalue weighted by Gasteiger charge is -2.09.